The van der Waals surface area contributed by atoms with E-state index in [0.29, 0.717) is 0 Å². The Morgan fingerprint density at radius 3 is 2.33 bits per heavy atom. The normalized spacial score (nSPS) is 19.9. The Morgan fingerprint density at radius 2 is 1.76 bits per heavy atom. The van der Waals surface area contributed by atoms with Crippen LogP contribution in [0.5, 0.6) is 0 Å². The number of carbonyl (C=O) groups is 2. The minimum atomic E-state index is -4.85. The van der Waals surface area contributed by atoms with E-state index >= 15 is 0 Å². The number of hydrazone groups is 2. The number of carbonyl (C=O) groups excluding carboxylic acids is 2. The Balaban J connectivity index is 0.00000272. The van der Waals surface area contributed by atoms with Crippen molar-refractivity contribution in [2.75, 3.05) is 5.01 Å². The SMILES string of the molecule is CC1=NN(c2cccc(S(=O)(=O)O)c2)C(=O)C1N/N=C1/C=C(Cl)C=C(S(=O)(=O)O)C1=O.O.[Cr]. The monoisotopic (exact) mass is 558 g/mol. The van der Waals surface area contributed by atoms with Crippen LogP contribution in [0.25, 0.3) is 0 Å². The van der Waals surface area contributed by atoms with Crippen LogP contribution < -0.4 is 10.4 Å². The molecule has 17 heteroatoms. The molecule has 178 valence electrons. The van der Waals surface area contributed by atoms with Gasteiger partial charge in [-0.1, -0.05) is 17.7 Å². The van der Waals surface area contributed by atoms with Crippen molar-refractivity contribution < 1.29 is 58.4 Å². The van der Waals surface area contributed by atoms with Gasteiger partial charge in [0.1, 0.15) is 10.6 Å². The van der Waals surface area contributed by atoms with E-state index in [2.05, 4.69) is 15.6 Å². The van der Waals surface area contributed by atoms with Crippen molar-refractivity contribution in [3.8, 4) is 0 Å². The van der Waals surface area contributed by atoms with Crippen molar-refractivity contribution in [3.63, 3.8) is 0 Å². The van der Waals surface area contributed by atoms with Crippen LogP contribution in [-0.2, 0) is 47.2 Å². The summed E-state index contributed by atoms with van der Waals surface area (Å²) in [4.78, 5) is 23.5. The molecule has 0 bridgehead atoms. The molecular weight excluding hydrogens is 544 g/mol. The predicted molar refractivity (Wildman–Crippen MR) is 113 cm³/mol. The smallest absolute Gasteiger partial charge is 0.298 e. The molecule has 1 aromatic rings. The van der Waals surface area contributed by atoms with Crippen LogP contribution in [0.15, 0.2) is 61.5 Å². The van der Waals surface area contributed by atoms with Crippen LogP contribution >= 0.6 is 11.6 Å². The first-order valence-electron chi connectivity index (χ1n) is 8.20. The van der Waals surface area contributed by atoms with Crippen LogP contribution in [0.4, 0.5) is 5.69 Å². The van der Waals surface area contributed by atoms with Gasteiger partial charge in [-0.3, -0.25) is 24.1 Å². The molecule has 13 nitrogen and oxygen atoms in total. The Labute approximate surface area is 203 Å². The molecule has 0 aromatic heterocycles. The van der Waals surface area contributed by atoms with Crippen molar-refractivity contribution in [1.29, 1.82) is 0 Å². The van der Waals surface area contributed by atoms with Gasteiger partial charge in [0.15, 0.2) is 6.04 Å². The summed E-state index contributed by atoms with van der Waals surface area (Å²) >= 11 is 5.76. The Kier molecular flexibility index (Phi) is 8.88. The first-order valence-corrected chi connectivity index (χ1v) is 11.5. The third-order valence-corrected chi connectivity index (χ3v) is 6.01. The zero-order chi connectivity index (χ0) is 23.1. The molecule has 0 saturated carbocycles. The number of nitrogens with one attached hydrogen (secondary N) is 1. The van der Waals surface area contributed by atoms with Gasteiger partial charge < -0.3 is 5.48 Å². The van der Waals surface area contributed by atoms with Gasteiger partial charge in [0.25, 0.3) is 26.1 Å². The average molecular weight is 559 g/mol. The molecule has 1 unspecified atom stereocenters. The first kappa shape index (κ1) is 28.6. The fourth-order valence-corrected chi connectivity index (χ4v) is 4.05. The molecule has 0 radical (unpaired) electrons. The predicted octanol–water partition coefficient (Wildman–Crippen LogP) is -0.380. The fourth-order valence-electron chi connectivity index (χ4n) is 2.64. The number of allylic oxidation sites excluding steroid dienone is 4. The summed E-state index contributed by atoms with van der Waals surface area (Å²) in [5.41, 5.74) is 2.15. The minimum Gasteiger partial charge on any atom is -0.412 e. The van der Waals surface area contributed by atoms with E-state index in [1.165, 1.54) is 19.1 Å². The minimum absolute atomic E-state index is 0. The topological polar surface area (TPSA) is 214 Å². The van der Waals surface area contributed by atoms with Crippen LogP contribution in [0, 0.1) is 0 Å². The molecule has 0 saturated heterocycles. The summed E-state index contributed by atoms with van der Waals surface area (Å²) < 4.78 is 63.6. The molecule has 1 aliphatic carbocycles. The molecule has 1 heterocycles. The zero-order valence-corrected chi connectivity index (χ0v) is 20.0. The number of hydrogen-bond donors (Lipinski definition) is 3. The molecule has 1 aromatic carbocycles. The number of benzene rings is 1. The second-order valence-electron chi connectivity index (χ2n) is 6.27. The molecule has 3 rings (SSSR count). The van der Waals surface area contributed by atoms with Crippen LogP contribution in [0.1, 0.15) is 6.92 Å². The fraction of sp³-hybridized carbons (Fsp3) is 0.125. The number of rotatable bonds is 5. The van der Waals surface area contributed by atoms with E-state index in [1.807, 2.05) is 0 Å². The Bertz CT molecular complexity index is 1340. The molecule has 5 N–H and O–H groups in total. The van der Waals surface area contributed by atoms with Gasteiger partial charge in [-0.15, -0.1) is 0 Å². The van der Waals surface area contributed by atoms with Gasteiger partial charge in [-0.05, 0) is 37.3 Å². The van der Waals surface area contributed by atoms with E-state index in [1.54, 1.807) is 0 Å². The van der Waals surface area contributed by atoms with E-state index in [-0.39, 0.29) is 39.3 Å². The zero-order valence-electron chi connectivity index (χ0n) is 16.3. The van der Waals surface area contributed by atoms with Crippen molar-refractivity contribution in [3.05, 3.63) is 46.4 Å². The second kappa shape index (κ2) is 10.2. The van der Waals surface area contributed by atoms with E-state index in [0.717, 1.165) is 29.3 Å². The number of amides is 1. The maximum Gasteiger partial charge on any atom is 0.298 e. The van der Waals surface area contributed by atoms with Crippen molar-refractivity contribution in [1.82, 2.24) is 5.43 Å². The molecule has 33 heavy (non-hydrogen) atoms. The third-order valence-electron chi connectivity index (χ3n) is 4.08. The van der Waals surface area contributed by atoms with Gasteiger partial charge in [0.05, 0.1) is 16.3 Å². The van der Waals surface area contributed by atoms with Crippen molar-refractivity contribution in [2.45, 2.75) is 17.9 Å². The number of Topliss-reactive ketones (excluding diaryl/α,β-unsaturated/α-hetero) is 1. The summed E-state index contributed by atoms with van der Waals surface area (Å²) in [7, 11) is -9.36. The molecule has 1 aliphatic heterocycles. The van der Waals surface area contributed by atoms with Crippen LogP contribution in [0.2, 0.25) is 0 Å². The van der Waals surface area contributed by atoms with E-state index < -0.39 is 53.5 Å². The molecule has 0 fully saturated rings. The quantitative estimate of drug-likeness (QED) is 0.243. The molecule has 1 atom stereocenters. The maximum atomic E-state index is 12.7. The van der Waals surface area contributed by atoms with Crippen molar-refractivity contribution >= 4 is 60.6 Å². The number of nitrogens with zero attached hydrogens (tertiary/aromatic N) is 3. The van der Waals surface area contributed by atoms with Gasteiger partial charge in [0.2, 0.25) is 5.78 Å². The van der Waals surface area contributed by atoms with E-state index in [9.17, 15) is 26.4 Å². The number of anilines is 1. The number of ketones is 1. The maximum absolute atomic E-state index is 12.7. The molecule has 0 spiro atoms. The summed E-state index contributed by atoms with van der Waals surface area (Å²) in [6, 6.07) is 3.67. The van der Waals surface area contributed by atoms with Gasteiger partial charge in [-0.2, -0.15) is 32.0 Å². The van der Waals surface area contributed by atoms with E-state index in [4.69, 9.17) is 20.7 Å². The van der Waals surface area contributed by atoms with Crippen LogP contribution in [-0.4, -0.2) is 60.6 Å². The van der Waals surface area contributed by atoms with Gasteiger partial charge in [-0.25, -0.2) is 0 Å². The molecule has 2 aliphatic rings. The Morgan fingerprint density at radius 1 is 1.12 bits per heavy atom. The number of halogens is 1. The second-order valence-corrected chi connectivity index (χ2v) is 9.51. The summed E-state index contributed by atoms with van der Waals surface area (Å²) in [5.74, 6) is -1.84. The Hall–Kier alpha value is -2.42. The summed E-state index contributed by atoms with van der Waals surface area (Å²) in [6.07, 6.45) is 1.79. The average Bonchev–Trinajstić information content (AvgIpc) is 2.94. The summed E-state index contributed by atoms with van der Waals surface area (Å²) in [5, 5.41) is 8.41. The number of hydrogen-bond acceptors (Lipinski definition) is 9. The molecule has 1 amide bonds. The largest absolute Gasteiger partial charge is 0.412 e. The standard InChI is InChI=1S/C16H13ClN4O8S2.Cr.H2O/c1-8-14(19-18-12-5-9(17)6-13(15(12)22)31(27,28)29)16(23)21(20-8)10-3-2-4-11(7-10)30(24,25)26;;/h2-7,14,19H,1H3,(H,24,25,26)(H,27,28,29);;1H2/b18-12-;;. The van der Waals surface area contributed by atoms with Gasteiger partial charge >= 0.3 is 0 Å². The van der Waals surface area contributed by atoms with Crippen molar-refractivity contribution in [2.24, 2.45) is 10.2 Å². The van der Waals surface area contributed by atoms with Crippen LogP contribution in [0.3, 0.4) is 0 Å². The van der Waals surface area contributed by atoms with Gasteiger partial charge in [0, 0.05) is 22.4 Å². The first-order chi connectivity index (χ1) is 14.3. The molecular formula is C16H15ClCrN4O9S2. The third kappa shape index (κ3) is 6.13. The summed E-state index contributed by atoms with van der Waals surface area (Å²) in [6.45, 7) is 1.46.